The van der Waals surface area contributed by atoms with Gasteiger partial charge in [0.1, 0.15) is 5.82 Å². The van der Waals surface area contributed by atoms with Gasteiger partial charge in [0.2, 0.25) is 5.91 Å². The van der Waals surface area contributed by atoms with Gasteiger partial charge in [-0.1, -0.05) is 23.2 Å². The Bertz CT molecular complexity index is 1020. The predicted octanol–water partition coefficient (Wildman–Crippen LogP) is 4.07. The molecule has 9 heteroatoms. The van der Waals surface area contributed by atoms with Crippen LogP contribution in [0.2, 0.25) is 10.0 Å². The molecule has 0 saturated carbocycles. The number of fused-ring (bicyclic) bond motifs is 1. The quantitative estimate of drug-likeness (QED) is 0.661. The molecular weight excluding hydrogens is 461 g/mol. The number of benzene rings is 1. The Hall–Kier alpha value is -2.35. The van der Waals surface area contributed by atoms with Crippen molar-refractivity contribution in [3.63, 3.8) is 0 Å². The number of hydrogen-bond acceptors (Lipinski definition) is 5. The first-order valence-electron chi connectivity index (χ1n) is 11.4. The van der Waals surface area contributed by atoms with Crippen LogP contribution in [0.25, 0.3) is 0 Å². The van der Waals surface area contributed by atoms with E-state index in [4.69, 9.17) is 23.2 Å². The van der Waals surface area contributed by atoms with Gasteiger partial charge in [-0.25, -0.2) is 4.98 Å². The van der Waals surface area contributed by atoms with E-state index in [0.29, 0.717) is 21.4 Å². The molecule has 0 spiro atoms. The summed E-state index contributed by atoms with van der Waals surface area (Å²) in [7, 11) is 0. The summed E-state index contributed by atoms with van der Waals surface area (Å²) >= 11 is 12.2. The first-order valence-corrected chi connectivity index (χ1v) is 12.1. The van der Waals surface area contributed by atoms with Gasteiger partial charge >= 0.3 is 0 Å². The zero-order valence-corrected chi connectivity index (χ0v) is 20.3. The van der Waals surface area contributed by atoms with Crippen molar-refractivity contribution < 1.29 is 9.59 Å². The molecule has 1 aromatic heterocycles. The number of rotatable bonds is 6. The molecule has 2 aromatic rings. The topological polar surface area (TPSA) is 68.8 Å². The number of nitrogens with one attached hydrogen (secondary N) is 1. The van der Waals surface area contributed by atoms with Crippen molar-refractivity contribution in [3.8, 4) is 0 Å². The maximum atomic E-state index is 13.3. The fourth-order valence-electron chi connectivity index (χ4n) is 4.47. The fourth-order valence-corrected chi connectivity index (χ4v) is 4.77. The summed E-state index contributed by atoms with van der Waals surface area (Å²) in [4.78, 5) is 35.5. The highest BCUT2D eigenvalue weighted by Gasteiger charge is 2.25. The van der Waals surface area contributed by atoms with E-state index in [9.17, 15) is 9.59 Å². The lowest BCUT2D eigenvalue weighted by Gasteiger charge is -2.34. The van der Waals surface area contributed by atoms with Crippen LogP contribution < -0.4 is 5.32 Å². The summed E-state index contributed by atoms with van der Waals surface area (Å²) < 4.78 is 0. The normalized spacial score (nSPS) is 17.0. The van der Waals surface area contributed by atoms with Gasteiger partial charge in [-0.05, 0) is 50.1 Å². The van der Waals surface area contributed by atoms with Gasteiger partial charge in [0.25, 0.3) is 5.91 Å². The number of aromatic nitrogens is 1. The van der Waals surface area contributed by atoms with Gasteiger partial charge in [-0.2, -0.15) is 0 Å². The van der Waals surface area contributed by atoms with Crippen LogP contribution >= 0.6 is 23.2 Å². The molecule has 33 heavy (non-hydrogen) atoms. The molecule has 2 amide bonds. The number of carbonyl (C=O) groups is 2. The summed E-state index contributed by atoms with van der Waals surface area (Å²) in [5.74, 6) is 0.888. The molecule has 176 valence electrons. The van der Waals surface area contributed by atoms with Crippen LogP contribution in [-0.2, 0) is 11.2 Å². The molecule has 7 nitrogen and oxygen atoms in total. The van der Waals surface area contributed by atoms with Crippen LogP contribution in [0, 0.1) is 0 Å². The molecular formula is C24H29Cl2N5O2. The zero-order valence-electron chi connectivity index (χ0n) is 18.8. The van der Waals surface area contributed by atoms with E-state index in [0.717, 1.165) is 76.3 Å². The molecule has 1 fully saturated rings. The third-order valence-electron chi connectivity index (χ3n) is 6.33. The highest BCUT2D eigenvalue weighted by molar-refractivity contribution is 6.42. The highest BCUT2D eigenvalue weighted by Crippen LogP contribution is 2.30. The molecule has 1 N–H and O–H groups in total. The van der Waals surface area contributed by atoms with Gasteiger partial charge < -0.3 is 15.1 Å². The molecule has 4 rings (SSSR count). The van der Waals surface area contributed by atoms with Crippen LogP contribution in [0.3, 0.4) is 0 Å². The Kier molecular flexibility index (Phi) is 7.73. The minimum atomic E-state index is 0.0588. The first-order chi connectivity index (χ1) is 15.9. The number of hydrogen-bond donors (Lipinski definition) is 1. The second kappa shape index (κ2) is 10.7. The molecule has 0 atom stereocenters. The third-order valence-corrected chi connectivity index (χ3v) is 7.07. The second-order valence-corrected chi connectivity index (χ2v) is 9.35. The van der Waals surface area contributed by atoms with Crippen molar-refractivity contribution in [2.45, 2.75) is 26.2 Å². The highest BCUT2D eigenvalue weighted by atomic mass is 35.5. The molecule has 2 aliphatic rings. The SMILES string of the molecule is CC(=O)N1CCN(CCCN2CCCc3c(ccnc3Nc3ccc(Cl)c(Cl)c3)C2=O)CC1. The monoisotopic (exact) mass is 489 g/mol. The van der Waals surface area contributed by atoms with E-state index in [1.165, 1.54) is 0 Å². The Morgan fingerprint density at radius 3 is 2.58 bits per heavy atom. The van der Waals surface area contributed by atoms with Crippen LogP contribution in [0.1, 0.15) is 35.7 Å². The Morgan fingerprint density at radius 2 is 1.85 bits per heavy atom. The first kappa shape index (κ1) is 23.8. The van der Waals surface area contributed by atoms with E-state index in [1.807, 2.05) is 21.9 Å². The zero-order chi connectivity index (χ0) is 23.4. The maximum absolute atomic E-state index is 13.3. The molecule has 2 aliphatic heterocycles. The Morgan fingerprint density at radius 1 is 1.06 bits per heavy atom. The summed E-state index contributed by atoms with van der Waals surface area (Å²) in [5.41, 5.74) is 2.43. The maximum Gasteiger partial charge on any atom is 0.254 e. The average molecular weight is 490 g/mol. The lowest BCUT2D eigenvalue weighted by molar-refractivity contribution is -0.130. The fraction of sp³-hybridized carbons (Fsp3) is 0.458. The smallest absolute Gasteiger partial charge is 0.254 e. The van der Waals surface area contributed by atoms with Crippen molar-refractivity contribution in [1.82, 2.24) is 19.7 Å². The number of halogens is 2. The predicted molar refractivity (Wildman–Crippen MR) is 132 cm³/mol. The Labute approximate surface area is 204 Å². The number of nitrogens with zero attached hydrogens (tertiary/aromatic N) is 4. The molecule has 1 saturated heterocycles. The number of amides is 2. The van der Waals surface area contributed by atoms with E-state index >= 15 is 0 Å². The molecule has 3 heterocycles. The van der Waals surface area contributed by atoms with Gasteiger partial charge in [0, 0.05) is 69.2 Å². The summed E-state index contributed by atoms with van der Waals surface area (Å²) in [6.07, 6.45) is 4.26. The second-order valence-electron chi connectivity index (χ2n) is 8.54. The van der Waals surface area contributed by atoms with Crippen LogP contribution in [0.5, 0.6) is 0 Å². The Balaban J connectivity index is 1.38. The molecule has 0 radical (unpaired) electrons. The van der Waals surface area contributed by atoms with Crippen LogP contribution in [-0.4, -0.2) is 77.3 Å². The van der Waals surface area contributed by atoms with Crippen molar-refractivity contribution in [3.05, 3.63) is 51.6 Å². The number of piperazine rings is 1. The van der Waals surface area contributed by atoms with Crippen molar-refractivity contribution >= 4 is 46.5 Å². The minimum absolute atomic E-state index is 0.0588. The molecule has 0 aliphatic carbocycles. The van der Waals surface area contributed by atoms with E-state index in [-0.39, 0.29) is 11.8 Å². The standard InChI is InChI=1S/C24H29Cl2N5O2/c1-17(32)30-14-12-29(13-15-30)9-3-11-31-10-2-4-19-20(24(31)33)7-8-27-23(19)28-18-5-6-21(25)22(26)16-18/h5-8,16H,2-4,9-15H2,1H3,(H,27,28). The van der Waals surface area contributed by atoms with Crippen molar-refractivity contribution in [2.24, 2.45) is 0 Å². The number of anilines is 2. The summed E-state index contributed by atoms with van der Waals surface area (Å²) in [6, 6.07) is 7.15. The minimum Gasteiger partial charge on any atom is -0.340 e. The van der Waals surface area contributed by atoms with Crippen LogP contribution in [0.15, 0.2) is 30.5 Å². The molecule has 0 bridgehead atoms. The van der Waals surface area contributed by atoms with Crippen molar-refractivity contribution in [1.29, 1.82) is 0 Å². The van der Waals surface area contributed by atoms with E-state index < -0.39 is 0 Å². The average Bonchev–Trinajstić information content (AvgIpc) is 2.96. The van der Waals surface area contributed by atoms with Crippen LogP contribution in [0.4, 0.5) is 11.5 Å². The van der Waals surface area contributed by atoms with Gasteiger partial charge in [0.15, 0.2) is 0 Å². The number of carbonyl (C=O) groups excluding carboxylic acids is 2. The van der Waals surface area contributed by atoms with Gasteiger partial charge in [0.05, 0.1) is 10.0 Å². The van der Waals surface area contributed by atoms with E-state index in [1.54, 1.807) is 25.3 Å². The summed E-state index contributed by atoms with van der Waals surface area (Å²) in [6.45, 7) is 7.38. The lowest BCUT2D eigenvalue weighted by Crippen LogP contribution is -2.48. The van der Waals surface area contributed by atoms with Gasteiger partial charge in [-0.15, -0.1) is 0 Å². The summed E-state index contributed by atoms with van der Waals surface area (Å²) in [5, 5.41) is 4.26. The largest absolute Gasteiger partial charge is 0.340 e. The third kappa shape index (κ3) is 5.78. The van der Waals surface area contributed by atoms with Crippen molar-refractivity contribution in [2.75, 3.05) is 51.1 Å². The molecule has 0 unspecified atom stereocenters. The lowest BCUT2D eigenvalue weighted by atomic mass is 10.0. The van der Waals surface area contributed by atoms with Gasteiger partial charge in [-0.3, -0.25) is 14.5 Å². The van der Waals surface area contributed by atoms with E-state index in [2.05, 4.69) is 15.2 Å². The number of pyridine rings is 1. The molecule has 1 aromatic carbocycles.